The van der Waals surface area contributed by atoms with Gasteiger partial charge in [-0.1, -0.05) is 54.6 Å². The molecule has 0 saturated carbocycles. The number of hydrogen-bond donors (Lipinski definition) is 1. The van der Waals surface area contributed by atoms with E-state index in [1.807, 2.05) is 37.3 Å². The number of hydrogen-bond acceptors (Lipinski definition) is 5. The number of amides is 1. The van der Waals surface area contributed by atoms with Crippen LogP contribution in [0.1, 0.15) is 18.5 Å². The van der Waals surface area contributed by atoms with Crippen molar-refractivity contribution in [3.63, 3.8) is 0 Å². The van der Waals surface area contributed by atoms with Gasteiger partial charge in [-0.15, -0.1) is 10.2 Å². The summed E-state index contributed by atoms with van der Waals surface area (Å²) in [5, 5.41) is 10.5. The number of nitrogens with zero attached hydrogens (tertiary/aromatic N) is 2. The fourth-order valence-corrected chi connectivity index (χ4v) is 3.10. The average Bonchev–Trinajstić information content (AvgIpc) is 3.34. The van der Waals surface area contributed by atoms with E-state index in [1.165, 1.54) is 12.0 Å². The van der Waals surface area contributed by atoms with Gasteiger partial charge in [-0.05, 0) is 47.9 Å². The molecule has 0 radical (unpaired) electrons. The van der Waals surface area contributed by atoms with E-state index in [0.29, 0.717) is 11.6 Å². The summed E-state index contributed by atoms with van der Waals surface area (Å²) in [5.41, 5.74) is 4.13. The van der Waals surface area contributed by atoms with Crippen molar-refractivity contribution in [3.8, 4) is 28.3 Å². The van der Waals surface area contributed by atoms with E-state index in [-0.39, 0.29) is 18.6 Å². The monoisotopic (exact) mass is 399 g/mol. The lowest BCUT2D eigenvalue weighted by Gasteiger charge is -2.15. The Morgan fingerprint density at radius 3 is 2.27 bits per heavy atom. The number of rotatable bonds is 7. The second kappa shape index (κ2) is 9.05. The molecule has 4 rings (SSSR count). The molecule has 6 nitrogen and oxygen atoms in total. The molecule has 0 aliphatic carbocycles. The third kappa shape index (κ3) is 4.72. The molecule has 1 atom stereocenters. The molecule has 0 saturated heterocycles. The molecule has 0 bridgehead atoms. The van der Waals surface area contributed by atoms with Crippen molar-refractivity contribution in [2.75, 3.05) is 6.61 Å². The lowest BCUT2D eigenvalue weighted by Crippen LogP contribution is -2.31. The van der Waals surface area contributed by atoms with Gasteiger partial charge in [-0.25, -0.2) is 0 Å². The molecule has 0 aliphatic rings. The Kier molecular flexibility index (Phi) is 5.85. The lowest BCUT2D eigenvalue weighted by atomic mass is 10.0. The Labute approximate surface area is 174 Å². The zero-order valence-electron chi connectivity index (χ0n) is 16.5. The lowest BCUT2D eigenvalue weighted by molar-refractivity contribution is -0.123. The van der Waals surface area contributed by atoms with Gasteiger partial charge in [0.15, 0.2) is 6.61 Å². The molecule has 1 N–H and O–H groups in total. The topological polar surface area (TPSA) is 77.2 Å². The second-order valence-corrected chi connectivity index (χ2v) is 6.83. The van der Waals surface area contributed by atoms with Crippen molar-refractivity contribution >= 4 is 5.91 Å². The first-order valence-electron chi connectivity index (χ1n) is 9.63. The van der Waals surface area contributed by atoms with Crippen LogP contribution in [0.2, 0.25) is 0 Å². The quantitative estimate of drug-likeness (QED) is 0.489. The summed E-state index contributed by atoms with van der Waals surface area (Å²) in [7, 11) is 0. The molecule has 1 amide bonds. The molecule has 0 aliphatic heterocycles. The zero-order valence-corrected chi connectivity index (χ0v) is 16.5. The van der Waals surface area contributed by atoms with Crippen LogP contribution in [0.4, 0.5) is 0 Å². The fourth-order valence-electron chi connectivity index (χ4n) is 3.10. The summed E-state index contributed by atoms with van der Waals surface area (Å²) >= 11 is 0. The number of nitrogens with one attached hydrogen (secondary N) is 1. The molecule has 1 aromatic heterocycles. The predicted molar refractivity (Wildman–Crippen MR) is 114 cm³/mol. The standard InChI is InChI=1S/C24H21N3O3/c1-17(18-7-9-20(10-8-18)19-5-3-2-4-6-19)26-23(28)15-29-22-13-11-21(12-14-22)24-27-25-16-30-24/h2-14,16-17H,15H2,1H3,(H,26,28). The third-order valence-electron chi connectivity index (χ3n) is 4.73. The number of carbonyl (C=O) groups excluding carboxylic acids is 1. The SMILES string of the molecule is CC(NC(=O)COc1ccc(-c2nnco2)cc1)c1ccc(-c2ccccc2)cc1. The second-order valence-electron chi connectivity index (χ2n) is 6.83. The molecule has 3 aromatic carbocycles. The Balaban J connectivity index is 1.29. The van der Waals surface area contributed by atoms with Crippen LogP contribution < -0.4 is 10.1 Å². The van der Waals surface area contributed by atoms with Gasteiger partial charge in [0.25, 0.3) is 5.91 Å². The fraction of sp³-hybridized carbons (Fsp3) is 0.125. The van der Waals surface area contributed by atoms with Crippen LogP contribution in [0, 0.1) is 0 Å². The first-order valence-corrected chi connectivity index (χ1v) is 9.63. The molecule has 1 unspecified atom stereocenters. The first-order chi connectivity index (χ1) is 14.7. The highest BCUT2D eigenvalue weighted by Gasteiger charge is 2.11. The van der Waals surface area contributed by atoms with Gasteiger partial charge in [-0.3, -0.25) is 4.79 Å². The van der Waals surface area contributed by atoms with E-state index in [1.54, 1.807) is 24.3 Å². The van der Waals surface area contributed by atoms with Gasteiger partial charge in [-0.2, -0.15) is 0 Å². The Morgan fingerprint density at radius 1 is 0.933 bits per heavy atom. The molecular formula is C24H21N3O3. The summed E-state index contributed by atoms with van der Waals surface area (Å²) in [5.74, 6) is 0.843. The van der Waals surface area contributed by atoms with Gasteiger partial charge < -0.3 is 14.5 Å². The van der Waals surface area contributed by atoms with Crippen molar-refractivity contribution in [2.45, 2.75) is 13.0 Å². The van der Waals surface area contributed by atoms with Crippen LogP contribution >= 0.6 is 0 Å². The summed E-state index contributed by atoms with van der Waals surface area (Å²) in [6, 6.07) is 25.4. The van der Waals surface area contributed by atoms with E-state index >= 15 is 0 Å². The Bertz CT molecular complexity index is 1080. The van der Waals surface area contributed by atoms with E-state index in [4.69, 9.17) is 9.15 Å². The molecular weight excluding hydrogens is 378 g/mol. The van der Waals surface area contributed by atoms with Crippen molar-refractivity contribution in [1.82, 2.24) is 15.5 Å². The highest BCUT2D eigenvalue weighted by molar-refractivity contribution is 5.78. The van der Waals surface area contributed by atoms with Gasteiger partial charge >= 0.3 is 0 Å². The first kappa shape index (κ1) is 19.4. The molecule has 0 spiro atoms. The molecule has 30 heavy (non-hydrogen) atoms. The normalized spacial score (nSPS) is 11.6. The van der Waals surface area contributed by atoms with E-state index in [9.17, 15) is 4.79 Å². The number of ether oxygens (including phenoxy) is 1. The smallest absolute Gasteiger partial charge is 0.258 e. The Hall–Kier alpha value is -3.93. The van der Waals surface area contributed by atoms with E-state index in [0.717, 1.165) is 16.7 Å². The highest BCUT2D eigenvalue weighted by atomic mass is 16.5. The third-order valence-corrected chi connectivity index (χ3v) is 4.73. The number of carbonyl (C=O) groups is 1. The maximum Gasteiger partial charge on any atom is 0.258 e. The maximum atomic E-state index is 12.3. The molecule has 0 fully saturated rings. The number of benzene rings is 3. The van der Waals surface area contributed by atoms with Gasteiger partial charge in [0.1, 0.15) is 5.75 Å². The minimum atomic E-state index is -0.185. The van der Waals surface area contributed by atoms with Gasteiger partial charge in [0.05, 0.1) is 6.04 Å². The molecule has 150 valence electrons. The van der Waals surface area contributed by atoms with Gasteiger partial charge in [0.2, 0.25) is 12.3 Å². The van der Waals surface area contributed by atoms with E-state index < -0.39 is 0 Å². The van der Waals surface area contributed by atoms with Crippen LogP contribution in [0.25, 0.3) is 22.6 Å². The largest absolute Gasteiger partial charge is 0.484 e. The van der Waals surface area contributed by atoms with Crippen LogP contribution in [-0.4, -0.2) is 22.7 Å². The summed E-state index contributed by atoms with van der Waals surface area (Å²) in [6.07, 6.45) is 1.28. The summed E-state index contributed by atoms with van der Waals surface area (Å²) in [4.78, 5) is 12.3. The average molecular weight is 399 g/mol. The van der Waals surface area contributed by atoms with Crippen LogP contribution in [0.5, 0.6) is 5.75 Å². The molecule has 6 heteroatoms. The minimum Gasteiger partial charge on any atom is -0.484 e. The van der Waals surface area contributed by atoms with Crippen molar-refractivity contribution in [3.05, 3.63) is 90.8 Å². The van der Waals surface area contributed by atoms with Crippen LogP contribution in [0.3, 0.4) is 0 Å². The van der Waals surface area contributed by atoms with E-state index in [2.05, 4.69) is 39.8 Å². The predicted octanol–water partition coefficient (Wildman–Crippen LogP) is 4.66. The number of aromatic nitrogens is 2. The zero-order chi connectivity index (χ0) is 20.8. The molecule has 4 aromatic rings. The Morgan fingerprint density at radius 2 is 1.60 bits per heavy atom. The van der Waals surface area contributed by atoms with Crippen molar-refractivity contribution in [1.29, 1.82) is 0 Å². The van der Waals surface area contributed by atoms with Crippen molar-refractivity contribution in [2.24, 2.45) is 0 Å². The van der Waals surface area contributed by atoms with Crippen LogP contribution in [-0.2, 0) is 4.79 Å². The van der Waals surface area contributed by atoms with Crippen LogP contribution in [0.15, 0.2) is 89.7 Å². The highest BCUT2D eigenvalue weighted by Crippen LogP contribution is 2.22. The summed E-state index contributed by atoms with van der Waals surface area (Å²) < 4.78 is 10.7. The van der Waals surface area contributed by atoms with Gasteiger partial charge in [0, 0.05) is 5.56 Å². The summed E-state index contributed by atoms with van der Waals surface area (Å²) in [6.45, 7) is 1.89. The van der Waals surface area contributed by atoms with Crippen molar-refractivity contribution < 1.29 is 13.9 Å². The maximum absolute atomic E-state index is 12.3. The minimum absolute atomic E-state index is 0.0632. The molecule has 1 heterocycles.